The molecule has 1 aromatic heterocycles. The number of anilines is 1. The molecule has 3 rings (SSSR count). The van der Waals surface area contributed by atoms with E-state index in [2.05, 4.69) is 10.3 Å². The Morgan fingerprint density at radius 3 is 2.60 bits per heavy atom. The van der Waals surface area contributed by atoms with Gasteiger partial charge in [-0.25, -0.2) is 9.78 Å². The summed E-state index contributed by atoms with van der Waals surface area (Å²) in [7, 11) is 1.26. The van der Waals surface area contributed by atoms with Crippen molar-refractivity contribution in [3.8, 4) is 11.4 Å². The zero-order valence-electron chi connectivity index (χ0n) is 16.5. The molecule has 2 aromatic carbocycles. The maximum absolute atomic E-state index is 12.7. The molecule has 3 aromatic rings. The molecule has 0 saturated carbocycles. The Hall–Kier alpha value is -3.45. The van der Waals surface area contributed by atoms with Crippen LogP contribution in [0.3, 0.4) is 0 Å². The molecule has 8 heteroatoms. The quantitative estimate of drug-likeness (QED) is 0.610. The molecule has 0 spiro atoms. The van der Waals surface area contributed by atoms with E-state index in [1.165, 1.54) is 17.7 Å². The van der Waals surface area contributed by atoms with Crippen LogP contribution < -0.4 is 10.9 Å². The molecule has 0 aliphatic rings. The van der Waals surface area contributed by atoms with Gasteiger partial charge in [-0.3, -0.25) is 14.2 Å². The number of amides is 1. The van der Waals surface area contributed by atoms with Crippen LogP contribution in [0.5, 0.6) is 0 Å². The molecule has 154 valence electrons. The Balaban J connectivity index is 1.96. The van der Waals surface area contributed by atoms with Gasteiger partial charge in [-0.1, -0.05) is 42.8 Å². The summed E-state index contributed by atoms with van der Waals surface area (Å²) in [6.07, 6.45) is 0.572. The topological polar surface area (TPSA) is 90.3 Å². The van der Waals surface area contributed by atoms with Gasteiger partial charge < -0.3 is 10.1 Å². The molecule has 0 unspecified atom stereocenters. The monoisotopic (exact) mass is 425 g/mol. The number of hydrogen-bond acceptors (Lipinski definition) is 5. The third-order valence-electron chi connectivity index (χ3n) is 4.41. The summed E-state index contributed by atoms with van der Waals surface area (Å²) >= 11 is 6.10. The summed E-state index contributed by atoms with van der Waals surface area (Å²) in [6.45, 7) is 1.61. The van der Waals surface area contributed by atoms with Crippen LogP contribution in [-0.4, -0.2) is 28.5 Å². The largest absolute Gasteiger partial charge is 0.465 e. The van der Waals surface area contributed by atoms with Gasteiger partial charge in [0.2, 0.25) is 5.91 Å². The Morgan fingerprint density at radius 1 is 1.13 bits per heavy atom. The summed E-state index contributed by atoms with van der Waals surface area (Å²) in [5.74, 6) is -0.710. The van der Waals surface area contributed by atoms with E-state index in [9.17, 15) is 14.4 Å². The Kier molecular flexibility index (Phi) is 6.64. The minimum Gasteiger partial charge on any atom is -0.465 e. The molecule has 1 heterocycles. The van der Waals surface area contributed by atoms with Gasteiger partial charge in [0.05, 0.1) is 18.4 Å². The maximum Gasteiger partial charge on any atom is 0.339 e. The van der Waals surface area contributed by atoms with Gasteiger partial charge in [0.15, 0.2) is 0 Å². The zero-order valence-corrected chi connectivity index (χ0v) is 17.3. The predicted molar refractivity (Wildman–Crippen MR) is 115 cm³/mol. The number of aromatic nitrogens is 2. The molecule has 1 amide bonds. The summed E-state index contributed by atoms with van der Waals surface area (Å²) in [6, 6.07) is 14.8. The molecule has 0 radical (unpaired) electrons. The fourth-order valence-corrected chi connectivity index (χ4v) is 3.14. The minimum absolute atomic E-state index is 0.218. The third-order valence-corrected chi connectivity index (χ3v) is 4.65. The van der Waals surface area contributed by atoms with Crippen molar-refractivity contribution >= 4 is 29.2 Å². The van der Waals surface area contributed by atoms with Crippen LogP contribution in [0.2, 0.25) is 5.02 Å². The van der Waals surface area contributed by atoms with E-state index in [0.29, 0.717) is 34.2 Å². The molecular weight excluding hydrogens is 406 g/mol. The highest BCUT2D eigenvalue weighted by Gasteiger charge is 2.17. The first-order chi connectivity index (χ1) is 14.4. The van der Waals surface area contributed by atoms with Gasteiger partial charge in [0.1, 0.15) is 12.4 Å². The number of ether oxygens (including phenoxy) is 1. The number of methoxy groups -OCH3 is 1. The lowest BCUT2D eigenvalue weighted by atomic mass is 10.1. The van der Waals surface area contributed by atoms with Crippen molar-refractivity contribution in [1.29, 1.82) is 0 Å². The molecule has 0 atom stereocenters. The van der Waals surface area contributed by atoms with Gasteiger partial charge >= 0.3 is 5.97 Å². The maximum atomic E-state index is 12.7. The highest BCUT2D eigenvalue weighted by Crippen LogP contribution is 2.21. The Bertz CT molecular complexity index is 1160. The van der Waals surface area contributed by atoms with E-state index >= 15 is 0 Å². The summed E-state index contributed by atoms with van der Waals surface area (Å²) < 4.78 is 6.02. The van der Waals surface area contributed by atoms with Crippen molar-refractivity contribution in [3.05, 3.63) is 81.2 Å². The van der Waals surface area contributed by atoms with E-state index in [1.807, 2.05) is 6.92 Å². The summed E-state index contributed by atoms with van der Waals surface area (Å²) in [4.78, 5) is 41.9. The van der Waals surface area contributed by atoms with Gasteiger partial charge in [0, 0.05) is 22.3 Å². The van der Waals surface area contributed by atoms with E-state index in [4.69, 9.17) is 16.3 Å². The number of nitrogens with zero attached hydrogens (tertiary/aromatic N) is 2. The average molecular weight is 426 g/mol. The molecule has 7 nitrogen and oxygen atoms in total. The number of aryl methyl sites for hydroxylation is 1. The number of carbonyl (C=O) groups excluding carboxylic acids is 2. The third kappa shape index (κ3) is 4.75. The molecule has 30 heavy (non-hydrogen) atoms. The van der Waals surface area contributed by atoms with Crippen molar-refractivity contribution in [1.82, 2.24) is 9.55 Å². The first-order valence-electron chi connectivity index (χ1n) is 9.26. The van der Waals surface area contributed by atoms with Crippen molar-refractivity contribution < 1.29 is 14.3 Å². The van der Waals surface area contributed by atoms with Crippen LogP contribution >= 0.6 is 11.6 Å². The van der Waals surface area contributed by atoms with Crippen LogP contribution in [-0.2, 0) is 22.5 Å². The first-order valence-corrected chi connectivity index (χ1v) is 9.64. The van der Waals surface area contributed by atoms with Gasteiger partial charge in [-0.2, -0.15) is 0 Å². The number of para-hydroxylation sites is 1. The van der Waals surface area contributed by atoms with E-state index in [-0.39, 0.29) is 17.7 Å². The fourth-order valence-electron chi connectivity index (χ4n) is 2.95. The molecule has 0 aliphatic carbocycles. The lowest BCUT2D eigenvalue weighted by Gasteiger charge is -2.14. The average Bonchev–Trinajstić information content (AvgIpc) is 2.74. The van der Waals surface area contributed by atoms with Gasteiger partial charge in [-0.05, 0) is 30.7 Å². The summed E-state index contributed by atoms with van der Waals surface area (Å²) in [5.41, 5.74) is 1.40. The van der Waals surface area contributed by atoms with E-state index in [0.717, 1.165) is 0 Å². The SMILES string of the molecule is CCc1cc(=O)n(CC(=O)Nc2ccccc2C(=O)OC)c(-c2cccc(Cl)c2)n1. The number of esters is 1. The fraction of sp³-hybridized carbons (Fsp3) is 0.182. The van der Waals surface area contributed by atoms with Crippen LogP contribution in [0.4, 0.5) is 5.69 Å². The lowest BCUT2D eigenvalue weighted by Crippen LogP contribution is -2.30. The van der Waals surface area contributed by atoms with Crippen molar-refractivity contribution in [2.75, 3.05) is 12.4 Å². The van der Waals surface area contributed by atoms with Crippen molar-refractivity contribution in [2.45, 2.75) is 19.9 Å². The van der Waals surface area contributed by atoms with Crippen LogP contribution in [0.1, 0.15) is 23.0 Å². The highest BCUT2D eigenvalue weighted by atomic mass is 35.5. The Morgan fingerprint density at radius 2 is 1.90 bits per heavy atom. The second kappa shape index (κ2) is 9.37. The standard InChI is InChI=1S/C22H20ClN3O4/c1-3-16-12-20(28)26(21(24-16)14-7-6-8-15(23)11-14)13-19(27)25-18-10-5-4-9-17(18)22(29)30-2/h4-12H,3,13H2,1-2H3,(H,25,27). The van der Waals surface area contributed by atoms with Crippen LogP contribution in [0, 0.1) is 0 Å². The summed E-state index contributed by atoms with van der Waals surface area (Å²) in [5, 5.41) is 3.16. The predicted octanol–water partition coefficient (Wildman–Crippen LogP) is 3.55. The number of carbonyl (C=O) groups is 2. The number of nitrogens with one attached hydrogen (secondary N) is 1. The Labute approximate surface area is 178 Å². The van der Waals surface area contributed by atoms with Crippen LogP contribution in [0.15, 0.2) is 59.4 Å². The highest BCUT2D eigenvalue weighted by molar-refractivity contribution is 6.30. The van der Waals surface area contributed by atoms with E-state index < -0.39 is 11.9 Å². The van der Waals surface area contributed by atoms with Gasteiger partial charge in [-0.15, -0.1) is 0 Å². The normalized spacial score (nSPS) is 10.5. The zero-order chi connectivity index (χ0) is 21.7. The van der Waals surface area contributed by atoms with Crippen molar-refractivity contribution in [3.63, 3.8) is 0 Å². The number of hydrogen-bond donors (Lipinski definition) is 1. The number of rotatable bonds is 6. The molecule has 1 N–H and O–H groups in total. The first kappa shape index (κ1) is 21.3. The molecule has 0 fully saturated rings. The number of benzene rings is 2. The molecule has 0 bridgehead atoms. The molecule has 0 aliphatic heterocycles. The second-order valence-corrected chi connectivity index (χ2v) is 6.88. The minimum atomic E-state index is -0.573. The van der Waals surface area contributed by atoms with Gasteiger partial charge in [0.25, 0.3) is 5.56 Å². The van der Waals surface area contributed by atoms with Crippen LogP contribution in [0.25, 0.3) is 11.4 Å². The number of halogens is 1. The molecular formula is C22H20ClN3O4. The second-order valence-electron chi connectivity index (χ2n) is 6.44. The van der Waals surface area contributed by atoms with Crippen molar-refractivity contribution in [2.24, 2.45) is 0 Å². The molecule has 0 saturated heterocycles. The smallest absolute Gasteiger partial charge is 0.339 e. The van der Waals surface area contributed by atoms with E-state index in [1.54, 1.807) is 48.5 Å². The lowest BCUT2D eigenvalue weighted by molar-refractivity contribution is -0.116.